The number of nitrogens with one attached hydrogen (secondary N) is 1. The number of hydrogen-bond acceptors (Lipinski definition) is 4. The van der Waals surface area contributed by atoms with Crippen molar-refractivity contribution in [2.75, 3.05) is 39.1 Å². The molecule has 0 radical (unpaired) electrons. The number of esters is 1. The molecule has 0 bridgehead atoms. The van der Waals surface area contributed by atoms with E-state index in [-0.39, 0.29) is 40.3 Å². The van der Waals surface area contributed by atoms with Gasteiger partial charge >= 0.3 is 5.97 Å². The Hall–Kier alpha value is -1.42. The Morgan fingerprint density at radius 2 is 1.62 bits per heavy atom. The van der Waals surface area contributed by atoms with Gasteiger partial charge in [-0.3, -0.25) is 0 Å². The number of anilines is 1. The maximum atomic E-state index is 11.7. The lowest BCUT2D eigenvalue weighted by Crippen LogP contribution is -2.20. The third kappa shape index (κ3) is 14.2. The van der Waals surface area contributed by atoms with Crippen LogP contribution < -0.4 is 5.32 Å². The number of ether oxygens (including phenoxy) is 1. The van der Waals surface area contributed by atoms with Crippen molar-refractivity contribution in [1.29, 1.82) is 0 Å². The van der Waals surface area contributed by atoms with E-state index in [9.17, 15) is 4.79 Å². The number of carbonyl (C=O) groups is 1. The molecule has 24 heavy (non-hydrogen) atoms. The molecular formula is C15H33ClN2O6. The Labute approximate surface area is 149 Å². The minimum Gasteiger partial charge on any atom is -0.461 e. The Morgan fingerprint density at radius 1 is 1.08 bits per heavy atom. The average Bonchev–Trinajstić information content (AvgIpc) is 2.39. The number of likely N-dealkylation sites (N-methyl/N-ethyl adjacent to an activating group) is 1. The molecule has 146 valence electrons. The first kappa shape index (κ1) is 34.0. The first-order valence-electron chi connectivity index (χ1n) is 6.79. The second-order valence-electron chi connectivity index (χ2n) is 4.80. The molecule has 9 heteroatoms. The number of halogens is 1. The van der Waals surface area contributed by atoms with Crippen molar-refractivity contribution in [3.8, 4) is 0 Å². The molecule has 0 unspecified atom stereocenters. The molecule has 0 aromatic heterocycles. The summed E-state index contributed by atoms with van der Waals surface area (Å²) in [5.41, 5.74) is 1.64. The molecule has 0 amide bonds. The van der Waals surface area contributed by atoms with Gasteiger partial charge in [0.2, 0.25) is 0 Å². The Bertz CT molecular complexity index is 390. The van der Waals surface area contributed by atoms with E-state index in [0.29, 0.717) is 12.2 Å². The van der Waals surface area contributed by atoms with Crippen LogP contribution in [-0.4, -0.2) is 66.6 Å². The molecule has 1 rings (SSSR count). The van der Waals surface area contributed by atoms with Crippen LogP contribution in [0.1, 0.15) is 30.1 Å². The predicted molar refractivity (Wildman–Crippen MR) is 100 cm³/mol. The zero-order valence-electron chi connectivity index (χ0n) is 14.5. The standard InChI is InChI=1S/C15H24N2O2.ClH.4H2O/c1-4-5-10-16-14-8-6-13(7-9-14)15(18)19-12-11-17(2)3;;;;;/h6-9,16H,4-5,10-12H2,1-3H3;1H;4*1H2. The smallest absolute Gasteiger partial charge is 0.338 e. The van der Waals surface area contributed by atoms with E-state index in [0.717, 1.165) is 25.2 Å². The number of carbonyl (C=O) groups excluding carboxylic acids is 1. The molecule has 0 spiro atoms. The SMILES string of the molecule is CCCCNc1ccc(C(=O)OCCN(C)C)cc1.Cl.O.O.O.O. The van der Waals surface area contributed by atoms with Crippen LogP contribution >= 0.6 is 12.4 Å². The summed E-state index contributed by atoms with van der Waals surface area (Å²) in [6.07, 6.45) is 2.32. The van der Waals surface area contributed by atoms with E-state index in [4.69, 9.17) is 4.74 Å². The van der Waals surface area contributed by atoms with E-state index in [1.807, 2.05) is 31.1 Å². The fourth-order valence-corrected chi connectivity index (χ4v) is 1.54. The van der Waals surface area contributed by atoms with Gasteiger partial charge in [0.1, 0.15) is 6.61 Å². The monoisotopic (exact) mass is 372 g/mol. The van der Waals surface area contributed by atoms with Gasteiger partial charge in [-0.1, -0.05) is 13.3 Å². The van der Waals surface area contributed by atoms with Gasteiger partial charge in [-0.15, -0.1) is 12.4 Å². The lowest BCUT2D eigenvalue weighted by atomic mass is 10.2. The summed E-state index contributed by atoms with van der Waals surface area (Å²) in [5, 5.41) is 3.31. The highest BCUT2D eigenvalue weighted by Crippen LogP contribution is 2.10. The van der Waals surface area contributed by atoms with Crippen molar-refractivity contribution in [2.24, 2.45) is 0 Å². The lowest BCUT2D eigenvalue weighted by Gasteiger charge is -2.10. The van der Waals surface area contributed by atoms with Crippen molar-refractivity contribution in [3.05, 3.63) is 29.8 Å². The molecule has 0 atom stereocenters. The Kier molecular flexibility index (Phi) is 27.8. The molecule has 9 N–H and O–H groups in total. The van der Waals surface area contributed by atoms with Gasteiger partial charge in [-0.2, -0.15) is 0 Å². The third-order valence-electron chi connectivity index (χ3n) is 2.75. The van der Waals surface area contributed by atoms with E-state index in [1.54, 1.807) is 12.1 Å². The number of nitrogens with zero attached hydrogens (tertiary/aromatic N) is 1. The van der Waals surface area contributed by atoms with E-state index >= 15 is 0 Å². The summed E-state index contributed by atoms with van der Waals surface area (Å²) in [4.78, 5) is 13.7. The van der Waals surface area contributed by atoms with Crippen LogP contribution in [0, 0.1) is 0 Å². The molecule has 0 heterocycles. The molecule has 0 saturated carbocycles. The molecule has 0 aliphatic heterocycles. The normalized spacial score (nSPS) is 8.33. The summed E-state index contributed by atoms with van der Waals surface area (Å²) in [6, 6.07) is 7.43. The predicted octanol–water partition coefficient (Wildman–Crippen LogP) is -0.260. The average molecular weight is 373 g/mol. The molecule has 1 aromatic carbocycles. The van der Waals surface area contributed by atoms with Crippen LogP contribution in [0.15, 0.2) is 24.3 Å². The van der Waals surface area contributed by atoms with Gasteiger partial charge in [0.25, 0.3) is 0 Å². The molecule has 0 fully saturated rings. The zero-order chi connectivity index (χ0) is 14.1. The maximum Gasteiger partial charge on any atom is 0.338 e. The second kappa shape index (κ2) is 19.6. The van der Waals surface area contributed by atoms with Gasteiger partial charge in [0.15, 0.2) is 0 Å². The number of unbranched alkanes of at least 4 members (excludes halogenated alkanes) is 1. The minimum absolute atomic E-state index is 0. The number of benzene rings is 1. The summed E-state index contributed by atoms with van der Waals surface area (Å²) in [6.45, 7) is 4.28. The third-order valence-corrected chi connectivity index (χ3v) is 2.75. The number of hydrogen-bond donors (Lipinski definition) is 1. The second-order valence-corrected chi connectivity index (χ2v) is 4.80. The lowest BCUT2D eigenvalue weighted by molar-refractivity contribution is 0.0482. The van der Waals surface area contributed by atoms with Gasteiger partial charge in [0, 0.05) is 18.8 Å². The Morgan fingerprint density at radius 3 is 2.08 bits per heavy atom. The highest BCUT2D eigenvalue weighted by molar-refractivity contribution is 5.89. The van der Waals surface area contributed by atoms with Crippen molar-refractivity contribution in [1.82, 2.24) is 4.90 Å². The molecule has 0 aliphatic rings. The van der Waals surface area contributed by atoms with E-state index in [1.165, 1.54) is 6.42 Å². The van der Waals surface area contributed by atoms with Crippen LogP contribution in [-0.2, 0) is 4.74 Å². The van der Waals surface area contributed by atoms with Gasteiger partial charge in [-0.05, 0) is 44.8 Å². The van der Waals surface area contributed by atoms with E-state index < -0.39 is 0 Å². The highest BCUT2D eigenvalue weighted by atomic mass is 35.5. The summed E-state index contributed by atoms with van der Waals surface area (Å²) >= 11 is 0. The van der Waals surface area contributed by atoms with Crippen molar-refractivity contribution in [2.45, 2.75) is 19.8 Å². The highest BCUT2D eigenvalue weighted by Gasteiger charge is 2.06. The first-order valence-corrected chi connectivity index (χ1v) is 6.79. The zero-order valence-corrected chi connectivity index (χ0v) is 15.3. The van der Waals surface area contributed by atoms with Crippen molar-refractivity contribution >= 4 is 24.1 Å². The molecule has 8 nitrogen and oxygen atoms in total. The van der Waals surface area contributed by atoms with E-state index in [2.05, 4.69) is 12.2 Å². The van der Waals surface area contributed by atoms with Gasteiger partial charge in [-0.25, -0.2) is 4.79 Å². The molecule has 0 aliphatic carbocycles. The Balaban J connectivity index is -0.000000241. The quantitative estimate of drug-likeness (QED) is 0.490. The fourth-order valence-electron chi connectivity index (χ4n) is 1.54. The molecule has 1 aromatic rings. The maximum absolute atomic E-state index is 11.7. The number of rotatable bonds is 8. The van der Waals surface area contributed by atoms with Gasteiger partial charge < -0.3 is 36.9 Å². The van der Waals surface area contributed by atoms with Crippen LogP contribution in [0.25, 0.3) is 0 Å². The van der Waals surface area contributed by atoms with Crippen molar-refractivity contribution in [3.63, 3.8) is 0 Å². The van der Waals surface area contributed by atoms with Crippen LogP contribution in [0.5, 0.6) is 0 Å². The summed E-state index contributed by atoms with van der Waals surface area (Å²) < 4.78 is 5.18. The molecule has 0 saturated heterocycles. The first-order chi connectivity index (χ1) is 9.13. The molecular weight excluding hydrogens is 340 g/mol. The van der Waals surface area contributed by atoms with Crippen LogP contribution in [0.3, 0.4) is 0 Å². The largest absolute Gasteiger partial charge is 0.461 e. The minimum atomic E-state index is -0.262. The van der Waals surface area contributed by atoms with Crippen molar-refractivity contribution < 1.29 is 31.4 Å². The van der Waals surface area contributed by atoms with Crippen LogP contribution in [0.2, 0.25) is 0 Å². The van der Waals surface area contributed by atoms with Crippen LogP contribution in [0.4, 0.5) is 5.69 Å². The fraction of sp³-hybridized carbons (Fsp3) is 0.533. The van der Waals surface area contributed by atoms with Gasteiger partial charge in [0.05, 0.1) is 5.56 Å². The topological polar surface area (TPSA) is 168 Å². The summed E-state index contributed by atoms with van der Waals surface area (Å²) in [7, 11) is 3.90. The summed E-state index contributed by atoms with van der Waals surface area (Å²) in [5.74, 6) is -0.262.